The van der Waals surface area contributed by atoms with Crippen molar-refractivity contribution in [3.8, 4) is 5.75 Å². The van der Waals surface area contributed by atoms with Gasteiger partial charge in [-0.15, -0.1) is 0 Å². The predicted octanol–water partition coefficient (Wildman–Crippen LogP) is 2.03. The maximum Gasteiger partial charge on any atom is 0.258 e. The highest BCUT2D eigenvalue weighted by molar-refractivity contribution is 7.92. The molecule has 10 heteroatoms. The number of anilines is 1. The van der Waals surface area contributed by atoms with Gasteiger partial charge in [0.05, 0.1) is 35.9 Å². The van der Waals surface area contributed by atoms with Gasteiger partial charge in [0, 0.05) is 30.7 Å². The summed E-state index contributed by atoms with van der Waals surface area (Å²) in [5, 5.41) is 11.1. The number of carbonyl (C=O) groups excluding carboxylic acids is 1. The predicted molar refractivity (Wildman–Crippen MR) is 104 cm³/mol. The zero-order chi connectivity index (χ0) is 20.9. The van der Waals surface area contributed by atoms with Crippen LogP contribution in [-0.4, -0.2) is 47.6 Å². The fraction of sp³-hybridized carbons (Fsp3) is 0.211. The Bertz CT molecular complexity index is 1250. The van der Waals surface area contributed by atoms with E-state index in [4.69, 9.17) is 0 Å². The molecule has 1 aliphatic heterocycles. The van der Waals surface area contributed by atoms with E-state index in [1.54, 1.807) is 12.1 Å². The third-order valence-corrected chi connectivity index (χ3v) is 6.09. The number of carbonyl (C=O) groups is 1. The lowest BCUT2D eigenvalue weighted by molar-refractivity contribution is 0.0762. The minimum absolute atomic E-state index is 0.0174. The first-order valence-corrected chi connectivity index (χ1v) is 10.5. The Kier molecular flexibility index (Phi) is 4.38. The second-order valence-corrected chi connectivity index (χ2v) is 8.82. The first kappa shape index (κ1) is 19.1. The molecule has 3 heterocycles. The highest BCUT2D eigenvalue weighted by Crippen LogP contribution is 2.44. The molecule has 1 amide bonds. The molecule has 4 rings (SSSR count). The summed E-state index contributed by atoms with van der Waals surface area (Å²) >= 11 is 0. The molecule has 0 bridgehead atoms. The molecule has 0 aliphatic carbocycles. The van der Waals surface area contributed by atoms with E-state index in [-0.39, 0.29) is 29.9 Å². The van der Waals surface area contributed by atoms with Crippen LogP contribution < -0.4 is 4.31 Å². The molecule has 29 heavy (non-hydrogen) atoms. The van der Waals surface area contributed by atoms with Crippen LogP contribution in [0.3, 0.4) is 0 Å². The second kappa shape index (κ2) is 6.66. The number of fused-ring (bicyclic) bond motifs is 2. The maximum atomic E-state index is 13.1. The first-order chi connectivity index (χ1) is 13.7. The number of aromatic hydroxyl groups is 1. The quantitative estimate of drug-likeness (QED) is 0.698. The van der Waals surface area contributed by atoms with Gasteiger partial charge in [0.15, 0.2) is 5.75 Å². The van der Waals surface area contributed by atoms with E-state index in [1.807, 2.05) is 0 Å². The Labute approximate surface area is 166 Å². The van der Waals surface area contributed by atoms with E-state index < -0.39 is 21.7 Å². The minimum Gasteiger partial charge on any atom is -0.505 e. The minimum atomic E-state index is -3.64. The Morgan fingerprint density at radius 3 is 2.69 bits per heavy atom. The molecule has 0 unspecified atom stereocenters. The lowest BCUT2D eigenvalue weighted by Gasteiger charge is -2.22. The lowest BCUT2D eigenvalue weighted by atomic mass is 10.0. The lowest BCUT2D eigenvalue weighted by Crippen LogP contribution is -2.26. The Balaban J connectivity index is 1.88. The van der Waals surface area contributed by atoms with Crippen molar-refractivity contribution in [3.63, 3.8) is 0 Å². The summed E-state index contributed by atoms with van der Waals surface area (Å²) in [4.78, 5) is 22.5. The number of hydrogen-bond donors (Lipinski definition) is 1. The van der Waals surface area contributed by atoms with Crippen LogP contribution in [0.25, 0.3) is 10.9 Å². The molecule has 0 saturated heterocycles. The van der Waals surface area contributed by atoms with Crippen LogP contribution in [0.15, 0.2) is 36.7 Å². The van der Waals surface area contributed by atoms with Gasteiger partial charge in [0.1, 0.15) is 11.3 Å². The van der Waals surface area contributed by atoms with Crippen molar-refractivity contribution < 1.29 is 22.7 Å². The molecule has 0 atom stereocenters. The highest BCUT2D eigenvalue weighted by Gasteiger charge is 2.37. The molecule has 8 nitrogen and oxygen atoms in total. The van der Waals surface area contributed by atoms with E-state index >= 15 is 0 Å². The molecule has 0 spiro atoms. The number of benzene rings is 1. The SMILES string of the molecule is CN(c1c2c(c(O)c3ncccc13)C(=O)N(Cc1ccc(F)cn1)C2)S(C)(=O)=O. The molecule has 3 aromatic rings. The maximum absolute atomic E-state index is 13.1. The van der Waals surface area contributed by atoms with Crippen LogP contribution in [0, 0.1) is 5.82 Å². The molecule has 0 radical (unpaired) electrons. The average molecular weight is 416 g/mol. The van der Waals surface area contributed by atoms with Crippen molar-refractivity contribution in [1.82, 2.24) is 14.9 Å². The number of amides is 1. The average Bonchev–Trinajstić information content (AvgIpc) is 2.99. The Morgan fingerprint density at radius 2 is 2.03 bits per heavy atom. The number of aromatic nitrogens is 2. The van der Waals surface area contributed by atoms with Gasteiger partial charge in [0.25, 0.3) is 5.91 Å². The second-order valence-electron chi connectivity index (χ2n) is 6.81. The number of halogens is 1. The molecular weight excluding hydrogens is 399 g/mol. The number of hydrogen-bond acceptors (Lipinski definition) is 6. The van der Waals surface area contributed by atoms with Crippen LogP contribution in [0.2, 0.25) is 0 Å². The van der Waals surface area contributed by atoms with Gasteiger partial charge in [-0.3, -0.25) is 19.1 Å². The summed E-state index contributed by atoms with van der Waals surface area (Å²) < 4.78 is 38.7. The van der Waals surface area contributed by atoms with Crippen molar-refractivity contribution in [2.45, 2.75) is 13.1 Å². The van der Waals surface area contributed by atoms with Gasteiger partial charge in [-0.2, -0.15) is 0 Å². The van der Waals surface area contributed by atoms with Gasteiger partial charge in [-0.05, 0) is 24.3 Å². The molecule has 0 saturated carbocycles. The van der Waals surface area contributed by atoms with Crippen LogP contribution in [0.1, 0.15) is 21.6 Å². The fourth-order valence-corrected chi connectivity index (χ4v) is 4.02. The van der Waals surface area contributed by atoms with Crippen molar-refractivity contribution in [2.24, 2.45) is 0 Å². The smallest absolute Gasteiger partial charge is 0.258 e. The molecule has 150 valence electrons. The molecular formula is C19H17FN4O4S. The van der Waals surface area contributed by atoms with Gasteiger partial charge in [-0.25, -0.2) is 12.8 Å². The van der Waals surface area contributed by atoms with Gasteiger partial charge in [-0.1, -0.05) is 0 Å². The summed E-state index contributed by atoms with van der Waals surface area (Å²) in [5.74, 6) is -1.25. The Morgan fingerprint density at radius 1 is 1.28 bits per heavy atom. The third-order valence-electron chi connectivity index (χ3n) is 4.92. The molecule has 2 aromatic heterocycles. The normalized spacial score (nSPS) is 13.8. The molecule has 1 aromatic carbocycles. The third kappa shape index (κ3) is 3.15. The van der Waals surface area contributed by atoms with Crippen molar-refractivity contribution >= 4 is 32.5 Å². The molecule has 1 aliphatic rings. The van der Waals surface area contributed by atoms with Crippen LogP contribution in [0.4, 0.5) is 10.1 Å². The van der Waals surface area contributed by atoms with Crippen LogP contribution in [0.5, 0.6) is 5.75 Å². The van der Waals surface area contributed by atoms with Crippen molar-refractivity contribution in [2.75, 3.05) is 17.6 Å². The van der Waals surface area contributed by atoms with E-state index in [0.29, 0.717) is 22.3 Å². The van der Waals surface area contributed by atoms with E-state index in [0.717, 1.165) is 16.8 Å². The zero-order valence-electron chi connectivity index (χ0n) is 15.6. The molecule has 1 N–H and O–H groups in total. The number of pyridine rings is 2. The standard InChI is InChI=1S/C19H17FN4O4S/c1-23(29(2,27)28)17-13-4-3-7-21-16(13)18(25)15-14(17)10-24(19(15)26)9-12-6-5-11(20)8-22-12/h3-8,25H,9-10H2,1-2H3. The summed E-state index contributed by atoms with van der Waals surface area (Å²) in [6.07, 6.45) is 3.57. The van der Waals surface area contributed by atoms with E-state index in [1.165, 1.54) is 30.3 Å². The Hall–Kier alpha value is -3.27. The first-order valence-electron chi connectivity index (χ1n) is 8.64. The number of phenolic OH excluding ortho intramolecular Hbond substituents is 1. The van der Waals surface area contributed by atoms with Gasteiger partial charge >= 0.3 is 0 Å². The van der Waals surface area contributed by atoms with Gasteiger partial charge < -0.3 is 10.0 Å². The summed E-state index contributed by atoms with van der Waals surface area (Å²) in [7, 11) is -2.25. The summed E-state index contributed by atoms with van der Waals surface area (Å²) in [5.41, 5.74) is 1.32. The number of sulfonamides is 1. The van der Waals surface area contributed by atoms with Gasteiger partial charge in [0.2, 0.25) is 10.0 Å². The van der Waals surface area contributed by atoms with E-state index in [2.05, 4.69) is 9.97 Å². The highest BCUT2D eigenvalue weighted by atomic mass is 32.2. The fourth-order valence-electron chi connectivity index (χ4n) is 3.48. The monoisotopic (exact) mass is 416 g/mol. The van der Waals surface area contributed by atoms with Crippen LogP contribution in [-0.2, 0) is 23.1 Å². The zero-order valence-corrected chi connectivity index (χ0v) is 16.4. The van der Waals surface area contributed by atoms with Crippen molar-refractivity contribution in [3.05, 3.63) is 59.3 Å². The largest absolute Gasteiger partial charge is 0.505 e. The topological polar surface area (TPSA) is 104 Å². The van der Waals surface area contributed by atoms with Crippen LogP contribution >= 0.6 is 0 Å². The summed E-state index contributed by atoms with van der Waals surface area (Å²) in [6.45, 7) is 0.153. The van der Waals surface area contributed by atoms with Crippen molar-refractivity contribution in [1.29, 1.82) is 0 Å². The van der Waals surface area contributed by atoms with E-state index in [9.17, 15) is 22.7 Å². The molecule has 0 fully saturated rings. The number of phenols is 1. The number of nitrogens with zero attached hydrogens (tertiary/aromatic N) is 4. The number of rotatable bonds is 4. The summed E-state index contributed by atoms with van der Waals surface area (Å²) in [6, 6.07) is 5.99.